The summed E-state index contributed by atoms with van der Waals surface area (Å²) in [5.41, 5.74) is 1.54. The van der Waals surface area contributed by atoms with Crippen LogP contribution in [0.4, 0.5) is 10.5 Å². The number of hydrogen-bond acceptors (Lipinski definition) is 3. The molecule has 4 bridgehead atoms. The third-order valence-corrected chi connectivity index (χ3v) is 9.45. The van der Waals surface area contributed by atoms with Gasteiger partial charge in [-0.3, -0.25) is 4.79 Å². The maximum atomic E-state index is 13.2. The van der Waals surface area contributed by atoms with Gasteiger partial charge < -0.3 is 20.7 Å². The van der Waals surface area contributed by atoms with Crippen molar-refractivity contribution < 1.29 is 14.3 Å². The maximum Gasteiger partial charge on any atom is 0.315 e. The molecule has 3 N–H and O–H groups in total. The average molecular weight is 496 g/mol. The van der Waals surface area contributed by atoms with Crippen LogP contribution in [0.15, 0.2) is 24.3 Å². The Morgan fingerprint density at radius 1 is 1.03 bits per heavy atom. The fourth-order valence-corrected chi connectivity index (χ4v) is 8.69. The molecule has 5 aliphatic rings. The molecule has 0 radical (unpaired) electrons. The van der Waals surface area contributed by atoms with Crippen molar-refractivity contribution in [2.24, 2.45) is 22.7 Å². The number of carbonyl (C=O) groups is 2. The Bertz CT molecular complexity index is 958. The fourth-order valence-electron chi connectivity index (χ4n) is 8.69. The molecular formula is C30H45N3O3. The highest BCUT2D eigenvalue weighted by atomic mass is 16.5. The SMILES string of the molecule is CCC(C)C(=O)Nc1ccc(OC2CCCC(NC(=O)NC34CC5CC(C)(CC(C)(C5)C3)C4)C2)cc1. The molecule has 5 fully saturated rings. The summed E-state index contributed by atoms with van der Waals surface area (Å²) in [5.74, 6) is 1.61. The standard InChI is InChI=1S/C30H45N3O3/c1-5-20(2)26(34)31-22-9-11-24(12-10-22)36-25-8-6-7-23(13-25)32-27(35)33-30-16-21-14-28(3,18-30)17-29(4,15-21)19-30/h9-12,20-21,23,25H,5-8,13-19H2,1-4H3,(H,31,34)(H2,32,33,35). The van der Waals surface area contributed by atoms with E-state index in [1.807, 2.05) is 38.1 Å². The molecule has 0 aliphatic heterocycles. The number of nitrogens with one attached hydrogen (secondary N) is 3. The van der Waals surface area contributed by atoms with Crippen LogP contribution >= 0.6 is 0 Å². The molecule has 5 atom stereocenters. The van der Waals surface area contributed by atoms with Gasteiger partial charge in [0, 0.05) is 29.6 Å². The molecule has 6 rings (SSSR count). The van der Waals surface area contributed by atoms with E-state index in [2.05, 4.69) is 29.8 Å². The van der Waals surface area contributed by atoms with E-state index in [0.717, 1.165) is 68.7 Å². The molecule has 5 aliphatic carbocycles. The summed E-state index contributed by atoms with van der Waals surface area (Å²) in [5, 5.41) is 9.76. The summed E-state index contributed by atoms with van der Waals surface area (Å²) in [6, 6.07) is 7.78. The van der Waals surface area contributed by atoms with E-state index in [0.29, 0.717) is 10.8 Å². The minimum absolute atomic E-state index is 0.000998. The second-order valence-electron chi connectivity index (χ2n) is 13.4. The van der Waals surface area contributed by atoms with Crippen LogP contribution in [0.5, 0.6) is 5.75 Å². The van der Waals surface area contributed by atoms with E-state index < -0.39 is 0 Å². The summed E-state index contributed by atoms with van der Waals surface area (Å²) in [7, 11) is 0. The lowest BCUT2D eigenvalue weighted by Crippen LogP contribution is -2.66. The van der Waals surface area contributed by atoms with Crippen LogP contribution in [0.25, 0.3) is 0 Å². The lowest BCUT2D eigenvalue weighted by atomic mass is 9.43. The first-order valence-corrected chi connectivity index (χ1v) is 14.2. The third kappa shape index (κ3) is 5.52. The summed E-state index contributed by atoms with van der Waals surface area (Å²) in [6.07, 6.45) is 12.2. The van der Waals surface area contributed by atoms with E-state index in [4.69, 9.17) is 4.74 Å². The summed E-state index contributed by atoms with van der Waals surface area (Å²) < 4.78 is 6.27. The van der Waals surface area contributed by atoms with Crippen LogP contribution in [0.3, 0.4) is 0 Å². The summed E-state index contributed by atoms with van der Waals surface area (Å²) in [4.78, 5) is 25.3. The van der Waals surface area contributed by atoms with Crippen molar-refractivity contribution in [3.8, 4) is 5.75 Å². The molecule has 5 saturated carbocycles. The first kappa shape index (κ1) is 25.4. The van der Waals surface area contributed by atoms with Crippen LogP contribution in [0.2, 0.25) is 0 Å². The zero-order valence-corrected chi connectivity index (χ0v) is 22.6. The molecule has 36 heavy (non-hydrogen) atoms. The fraction of sp³-hybridized carbons (Fsp3) is 0.733. The van der Waals surface area contributed by atoms with E-state index in [1.165, 1.54) is 19.3 Å². The number of ether oxygens (including phenoxy) is 1. The van der Waals surface area contributed by atoms with Gasteiger partial charge in [-0.15, -0.1) is 0 Å². The van der Waals surface area contributed by atoms with Crippen molar-refractivity contribution >= 4 is 17.6 Å². The molecule has 0 heterocycles. The highest BCUT2D eigenvalue weighted by Crippen LogP contribution is 2.66. The summed E-state index contributed by atoms with van der Waals surface area (Å²) >= 11 is 0. The van der Waals surface area contributed by atoms with Crippen LogP contribution in [-0.4, -0.2) is 29.6 Å². The predicted octanol–water partition coefficient (Wildman–Crippen LogP) is 6.41. The normalized spacial score (nSPS) is 37.7. The van der Waals surface area contributed by atoms with Gasteiger partial charge in [0.1, 0.15) is 11.9 Å². The van der Waals surface area contributed by atoms with Gasteiger partial charge in [0.2, 0.25) is 5.91 Å². The molecule has 3 amide bonds. The van der Waals surface area contributed by atoms with Gasteiger partial charge in [0.05, 0.1) is 0 Å². The number of hydrogen-bond donors (Lipinski definition) is 3. The second kappa shape index (κ2) is 9.57. The minimum Gasteiger partial charge on any atom is -0.490 e. The second-order valence-corrected chi connectivity index (χ2v) is 13.4. The van der Waals surface area contributed by atoms with E-state index >= 15 is 0 Å². The average Bonchev–Trinajstić information content (AvgIpc) is 2.77. The topological polar surface area (TPSA) is 79.5 Å². The molecule has 5 unspecified atom stereocenters. The number of urea groups is 1. The lowest BCUT2D eigenvalue weighted by Gasteiger charge is -2.65. The van der Waals surface area contributed by atoms with Gasteiger partial charge in [0.25, 0.3) is 0 Å². The molecule has 0 aromatic heterocycles. The maximum absolute atomic E-state index is 13.2. The van der Waals surface area contributed by atoms with Crippen molar-refractivity contribution in [2.45, 2.75) is 116 Å². The van der Waals surface area contributed by atoms with Crippen molar-refractivity contribution in [3.05, 3.63) is 24.3 Å². The molecule has 1 aromatic rings. The Balaban J connectivity index is 1.12. The molecule has 198 valence electrons. The first-order valence-electron chi connectivity index (χ1n) is 14.2. The Kier molecular flexibility index (Phi) is 6.76. The van der Waals surface area contributed by atoms with E-state index in [9.17, 15) is 9.59 Å². The van der Waals surface area contributed by atoms with E-state index in [-0.39, 0.29) is 35.5 Å². The lowest BCUT2D eigenvalue weighted by molar-refractivity contribution is -0.119. The number of amides is 3. The van der Waals surface area contributed by atoms with Gasteiger partial charge in [-0.1, -0.05) is 27.7 Å². The number of rotatable bonds is 7. The number of benzene rings is 1. The Morgan fingerprint density at radius 2 is 1.72 bits per heavy atom. The Labute approximate surface area is 216 Å². The largest absolute Gasteiger partial charge is 0.490 e. The van der Waals surface area contributed by atoms with Crippen LogP contribution < -0.4 is 20.7 Å². The zero-order valence-electron chi connectivity index (χ0n) is 22.6. The molecule has 6 nitrogen and oxygen atoms in total. The summed E-state index contributed by atoms with van der Waals surface area (Å²) in [6.45, 7) is 8.84. The quantitative estimate of drug-likeness (QED) is 0.409. The minimum atomic E-state index is -0.0242. The smallest absolute Gasteiger partial charge is 0.315 e. The number of anilines is 1. The van der Waals surface area contributed by atoms with Crippen LogP contribution in [0.1, 0.15) is 98.3 Å². The van der Waals surface area contributed by atoms with E-state index in [1.54, 1.807) is 0 Å². The van der Waals surface area contributed by atoms with Gasteiger partial charge in [-0.2, -0.15) is 0 Å². The molecule has 1 aromatic carbocycles. The predicted molar refractivity (Wildman–Crippen MR) is 143 cm³/mol. The first-order chi connectivity index (χ1) is 17.1. The monoisotopic (exact) mass is 495 g/mol. The highest BCUT2D eigenvalue weighted by Gasteiger charge is 2.60. The van der Waals surface area contributed by atoms with Crippen molar-refractivity contribution in [3.63, 3.8) is 0 Å². The van der Waals surface area contributed by atoms with Crippen molar-refractivity contribution in [1.82, 2.24) is 10.6 Å². The van der Waals surface area contributed by atoms with Crippen LogP contribution in [-0.2, 0) is 4.79 Å². The van der Waals surface area contributed by atoms with Crippen LogP contribution in [0, 0.1) is 22.7 Å². The molecular weight excluding hydrogens is 450 g/mol. The number of carbonyl (C=O) groups excluding carboxylic acids is 2. The van der Waals surface area contributed by atoms with Crippen molar-refractivity contribution in [1.29, 1.82) is 0 Å². The molecule has 6 heteroatoms. The third-order valence-electron chi connectivity index (χ3n) is 9.45. The van der Waals surface area contributed by atoms with Crippen molar-refractivity contribution in [2.75, 3.05) is 5.32 Å². The Morgan fingerprint density at radius 3 is 2.36 bits per heavy atom. The highest BCUT2D eigenvalue weighted by molar-refractivity contribution is 5.92. The van der Waals surface area contributed by atoms with Gasteiger partial charge in [-0.05, 0) is 105 Å². The van der Waals surface area contributed by atoms with Gasteiger partial charge >= 0.3 is 6.03 Å². The van der Waals surface area contributed by atoms with Gasteiger partial charge in [-0.25, -0.2) is 4.79 Å². The molecule has 0 spiro atoms. The zero-order chi connectivity index (χ0) is 25.6. The van der Waals surface area contributed by atoms with Gasteiger partial charge in [0.15, 0.2) is 0 Å². The molecule has 0 saturated heterocycles. The Hall–Kier alpha value is -2.24.